The van der Waals surface area contributed by atoms with Crippen molar-refractivity contribution in [1.29, 1.82) is 0 Å². The van der Waals surface area contributed by atoms with Crippen LogP contribution in [0.1, 0.15) is 52.3 Å². The Morgan fingerprint density at radius 1 is 1.07 bits per heavy atom. The molecule has 12 heteroatoms. The number of aromatic nitrogens is 4. The van der Waals surface area contributed by atoms with E-state index in [0.717, 1.165) is 27.1 Å². The number of carbonyl (C=O) groups excluding carboxylic acids is 2. The third kappa shape index (κ3) is 6.74. The summed E-state index contributed by atoms with van der Waals surface area (Å²) in [5.74, 6) is -0.726. The van der Waals surface area contributed by atoms with Crippen LogP contribution < -0.4 is 15.4 Å². The Kier molecular flexibility index (Phi) is 10.4. The minimum absolute atomic E-state index is 0. The monoisotopic (exact) mass is 606 g/mol. The molecule has 5 rings (SSSR count). The second-order valence-corrected chi connectivity index (χ2v) is 10.3. The molecule has 2 aromatic heterocycles. The number of carbonyl (C=O) groups is 2. The first kappa shape index (κ1) is 32.2. The summed E-state index contributed by atoms with van der Waals surface area (Å²) in [4.78, 5) is 51.5. The molecule has 0 amide bonds. The molecule has 1 aliphatic rings. The van der Waals surface area contributed by atoms with E-state index in [1.54, 1.807) is 26.0 Å². The zero-order valence-corrected chi connectivity index (χ0v) is 24.5. The van der Waals surface area contributed by atoms with Crippen LogP contribution in [0.4, 0.5) is 16.3 Å². The summed E-state index contributed by atoms with van der Waals surface area (Å²) in [7, 11) is 1.81. The van der Waals surface area contributed by atoms with E-state index in [0.29, 0.717) is 32.5 Å². The van der Waals surface area contributed by atoms with Crippen LogP contribution in [-0.4, -0.2) is 63.8 Å². The molecule has 44 heavy (non-hydrogen) atoms. The maximum atomic E-state index is 13.6. The number of imidazole rings is 1. The van der Waals surface area contributed by atoms with Crippen LogP contribution >= 0.6 is 0 Å². The number of benzene rings is 2. The Morgan fingerprint density at radius 2 is 1.77 bits per heavy atom. The van der Waals surface area contributed by atoms with E-state index >= 15 is 0 Å². The van der Waals surface area contributed by atoms with Gasteiger partial charge in [-0.1, -0.05) is 38.6 Å². The molecule has 0 spiro atoms. The Labute approximate surface area is 255 Å². The summed E-state index contributed by atoms with van der Waals surface area (Å²) in [5.41, 5.74) is 2.30. The van der Waals surface area contributed by atoms with E-state index in [-0.39, 0.29) is 38.3 Å². The van der Waals surface area contributed by atoms with Gasteiger partial charge in [0.25, 0.3) is 11.8 Å². The van der Waals surface area contributed by atoms with E-state index in [4.69, 9.17) is 14.5 Å². The number of fused-ring (bicyclic) bond motifs is 1. The number of nitrogens with zero attached hydrogens (tertiary/aromatic N) is 6. The van der Waals surface area contributed by atoms with Gasteiger partial charge in [0.2, 0.25) is 11.9 Å². The SMILES string of the molecule is C.CCOC(=O)C(OC(=O)CC)n1c(N(C)C2CCN(c3nc4ccccc4n3Cc3ccc(F)cc3)CC2)nccc1=O. The van der Waals surface area contributed by atoms with Gasteiger partial charge in [-0.25, -0.2) is 23.7 Å². The Balaban J connectivity index is 0.00000442. The smallest absolute Gasteiger partial charge is 0.369 e. The third-order valence-electron chi connectivity index (χ3n) is 7.61. The molecule has 234 valence electrons. The van der Waals surface area contributed by atoms with Crippen LogP contribution in [0.25, 0.3) is 11.0 Å². The Morgan fingerprint density at radius 3 is 2.45 bits per heavy atom. The van der Waals surface area contributed by atoms with Crippen molar-refractivity contribution in [2.45, 2.75) is 59.4 Å². The number of halogens is 1. The molecule has 0 N–H and O–H groups in total. The molecule has 0 radical (unpaired) electrons. The molecule has 1 fully saturated rings. The number of para-hydroxylation sites is 2. The van der Waals surface area contributed by atoms with Gasteiger partial charge in [0, 0.05) is 44.9 Å². The molecule has 1 saturated heterocycles. The van der Waals surface area contributed by atoms with Crippen LogP contribution in [0.2, 0.25) is 0 Å². The van der Waals surface area contributed by atoms with E-state index < -0.39 is 23.7 Å². The zero-order valence-electron chi connectivity index (χ0n) is 24.5. The lowest BCUT2D eigenvalue weighted by molar-refractivity contribution is -0.174. The number of hydrogen-bond donors (Lipinski definition) is 0. The first-order chi connectivity index (χ1) is 20.8. The maximum absolute atomic E-state index is 13.6. The molecule has 11 nitrogen and oxygen atoms in total. The minimum Gasteiger partial charge on any atom is -0.462 e. The summed E-state index contributed by atoms with van der Waals surface area (Å²) < 4.78 is 27.3. The van der Waals surface area contributed by atoms with Crippen LogP contribution in [-0.2, 0) is 25.6 Å². The number of esters is 2. The lowest BCUT2D eigenvalue weighted by Gasteiger charge is -2.38. The normalized spacial score (nSPS) is 14.1. The molecule has 1 unspecified atom stereocenters. The average Bonchev–Trinajstić information content (AvgIpc) is 3.39. The highest BCUT2D eigenvalue weighted by Gasteiger charge is 2.33. The van der Waals surface area contributed by atoms with Gasteiger partial charge in [-0.05, 0) is 49.6 Å². The van der Waals surface area contributed by atoms with E-state index in [1.165, 1.54) is 24.4 Å². The van der Waals surface area contributed by atoms with E-state index in [9.17, 15) is 18.8 Å². The highest BCUT2D eigenvalue weighted by Crippen LogP contribution is 2.29. The van der Waals surface area contributed by atoms with Crippen molar-refractivity contribution >= 4 is 34.9 Å². The minimum atomic E-state index is -1.59. The predicted octanol–water partition coefficient (Wildman–Crippen LogP) is 4.54. The van der Waals surface area contributed by atoms with Gasteiger partial charge in [-0.2, -0.15) is 0 Å². The van der Waals surface area contributed by atoms with Crippen molar-refractivity contribution in [2.24, 2.45) is 0 Å². The number of ether oxygens (including phenoxy) is 2. The van der Waals surface area contributed by atoms with Gasteiger partial charge in [0.15, 0.2) is 0 Å². The van der Waals surface area contributed by atoms with E-state index in [1.807, 2.05) is 36.2 Å². The number of hydrogen-bond acceptors (Lipinski definition) is 9. The summed E-state index contributed by atoms with van der Waals surface area (Å²) >= 11 is 0. The molecule has 1 aliphatic heterocycles. The highest BCUT2D eigenvalue weighted by molar-refractivity contribution is 5.79. The van der Waals surface area contributed by atoms with Crippen molar-refractivity contribution in [3.63, 3.8) is 0 Å². The van der Waals surface area contributed by atoms with Gasteiger partial charge in [-0.3, -0.25) is 9.59 Å². The summed E-state index contributed by atoms with van der Waals surface area (Å²) in [6.07, 6.45) is 1.24. The fraction of sp³-hybridized carbons (Fsp3) is 0.406. The fourth-order valence-corrected chi connectivity index (χ4v) is 5.37. The second-order valence-electron chi connectivity index (χ2n) is 10.3. The summed E-state index contributed by atoms with van der Waals surface area (Å²) in [5, 5.41) is 0. The first-order valence-electron chi connectivity index (χ1n) is 14.4. The molecule has 0 saturated carbocycles. The zero-order chi connectivity index (χ0) is 30.5. The third-order valence-corrected chi connectivity index (χ3v) is 7.61. The number of anilines is 2. The maximum Gasteiger partial charge on any atom is 0.369 e. The summed E-state index contributed by atoms with van der Waals surface area (Å²) in [6.45, 7) is 5.18. The van der Waals surface area contributed by atoms with Crippen molar-refractivity contribution in [3.8, 4) is 0 Å². The molecule has 0 aliphatic carbocycles. The lowest BCUT2D eigenvalue weighted by atomic mass is 10.0. The second kappa shape index (κ2) is 14.2. The molecule has 2 aromatic carbocycles. The number of piperidine rings is 1. The van der Waals surface area contributed by atoms with Crippen LogP contribution in [0.15, 0.2) is 65.6 Å². The van der Waals surface area contributed by atoms with E-state index in [2.05, 4.69) is 14.5 Å². The largest absolute Gasteiger partial charge is 0.462 e. The molecule has 3 heterocycles. The highest BCUT2D eigenvalue weighted by atomic mass is 19.1. The Hall–Kier alpha value is -4.74. The summed E-state index contributed by atoms with van der Waals surface area (Å²) in [6, 6.07) is 15.6. The van der Waals surface area contributed by atoms with Crippen LogP contribution in [0.3, 0.4) is 0 Å². The number of rotatable bonds is 10. The first-order valence-corrected chi connectivity index (χ1v) is 14.4. The molecular formula is C32H39FN6O5. The molecule has 4 aromatic rings. The van der Waals surface area contributed by atoms with Crippen molar-refractivity contribution in [1.82, 2.24) is 19.1 Å². The van der Waals surface area contributed by atoms with Gasteiger partial charge in [-0.15, -0.1) is 0 Å². The quantitative estimate of drug-likeness (QED) is 0.240. The molecule has 0 bridgehead atoms. The van der Waals surface area contributed by atoms with Gasteiger partial charge in [0.05, 0.1) is 24.2 Å². The lowest BCUT2D eigenvalue weighted by Crippen LogP contribution is -2.47. The predicted molar refractivity (Wildman–Crippen MR) is 166 cm³/mol. The van der Waals surface area contributed by atoms with Gasteiger partial charge in [0.1, 0.15) is 5.82 Å². The standard InChI is InChI=1S/C31H35FN6O5.CH4/c1-4-27(40)43-28(29(41)42-5-2)38-26(39)14-17-33-30(38)35(3)23-15-18-36(19-16-23)31-34-24-8-6-7-9-25(24)37(31)20-21-10-12-22(32)13-11-21;/h6-14,17,23,28H,4-5,15-16,18-20H2,1-3H3;1H4. The van der Waals surface area contributed by atoms with Gasteiger partial charge < -0.3 is 23.8 Å². The van der Waals surface area contributed by atoms with Gasteiger partial charge >= 0.3 is 11.9 Å². The van der Waals surface area contributed by atoms with Crippen LogP contribution in [0, 0.1) is 5.82 Å². The topological polar surface area (TPSA) is 112 Å². The fourth-order valence-electron chi connectivity index (χ4n) is 5.37. The average molecular weight is 607 g/mol. The Bertz CT molecular complexity index is 1650. The molecule has 1 atom stereocenters. The molecular weight excluding hydrogens is 567 g/mol. The van der Waals surface area contributed by atoms with Crippen molar-refractivity contribution < 1.29 is 23.5 Å². The van der Waals surface area contributed by atoms with Crippen molar-refractivity contribution in [3.05, 3.63) is 82.5 Å². The van der Waals surface area contributed by atoms with Crippen molar-refractivity contribution in [2.75, 3.05) is 36.5 Å². The van der Waals surface area contributed by atoms with Crippen LogP contribution in [0.5, 0.6) is 0 Å².